The molecule has 4 aromatic rings. The molecule has 1 fully saturated rings. The van der Waals surface area contributed by atoms with E-state index in [0.717, 1.165) is 60.6 Å². The molecule has 0 N–H and O–H groups in total. The van der Waals surface area contributed by atoms with Crippen LogP contribution < -0.4 is 9.80 Å². The molecule has 28 heavy (non-hydrogen) atoms. The van der Waals surface area contributed by atoms with Crippen molar-refractivity contribution in [2.45, 2.75) is 6.92 Å². The van der Waals surface area contributed by atoms with E-state index in [1.807, 2.05) is 36.9 Å². The summed E-state index contributed by atoms with van der Waals surface area (Å²) in [5, 5.41) is 4.27. The van der Waals surface area contributed by atoms with Gasteiger partial charge in [-0.3, -0.25) is 0 Å². The highest BCUT2D eigenvalue weighted by Gasteiger charge is 2.22. The summed E-state index contributed by atoms with van der Waals surface area (Å²) in [6.07, 6.45) is 7.02. The van der Waals surface area contributed by atoms with Crippen molar-refractivity contribution in [1.29, 1.82) is 0 Å². The smallest absolute Gasteiger partial charge is 0.165 e. The number of hydrogen-bond donors (Lipinski definition) is 0. The first-order chi connectivity index (χ1) is 13.7. The Balaban J connectivity index is 1.37. The molecule has 0 aliphatic carbocycles. The molecule has 1 aliphatic rings. The SMILES string of the molecule is Cc1nc(N2CCN(c3ncnc4c3ncn4C)CC2)cc(-n2cccn2)n1. The topological polar surface area (TPSA) is 93.7 Å². The fourth-order valence-electron chi connectivity index (χ4n) is 3.53. The van der Waals surface area contributed by atoms with Gasteiger partial charge < -0.3 is 14.4 Å². The molecule has 5 heterocycles. The van der Waals surface area contributed by atoms with Gasteiger partial charge in [0.15, 0.2) is 22.8 Å². The summed E-state index contributed by atoms with van der Waals surface area (Å²) < 4.78 is 3.67. The van der Waals surface area contributed by atoms with Crippen LogP contribution in [-0.4, -0.2) is 65.4 Å². The molecule has 0 amide bonds. The molecule has 10 heteroatoms. The first-order valence-electron chi connectivity index (χ1n) is 9.17. The highest BCUT2D eigenvalue weighted by atomic mass is 15.3. The van der Waals surface area contributed by atoms with Crippen molar-refractivity contribution in [3.63, 3.8) is 0 Å². The van der Waals surface area contributed by atoms with Gasteiger partial charge in [-0.15, -0.1) is 0 Å². The van der Waals surface area contributed by atoms with Crippen LogP contribution in [0.4, 0.5) is 11.6 Å². The number of aryl methyl sites for hydroxylation is 2. The van der Waals surface area contributed by atoms with Gasteiger partial charge in [-0.1, -0.05) is 0 Å². The lowest BCUT2D eigenvalue weighted by Gasteiger charge is -2.36. The minimum Gasteiger partial charge on any atom is -0.353 e. The van der Waals surface area contributed by atoms with Crippen molar-refractivity contribution in [3.05, 3.63) is 43.0 Å². The third-order valence-electron chi connectivity index (χ3n) is 4.93. The lowest BCUT2D eigenvalue weighted by Crippen LogP contribution is -2.47. The minimum atomic E-state index is 0.733. The van der Waals surface area contributed by atoms with Crippen LogP contribution in [0.2, 0.25) is 0 Å². The van der Waals surface area contributed by atoms with Crippen molar-refractivity contribution >= 4 is 22.8 Å². The monoisotopic (exact) mass is 376 g/mol. The summed E-state index contributed by atoms with van der Waals surface area (Å²) in [7, 11) is 1.94. The van der Waals surface area contributed by atoms with Gasteiger partial charge in [0.25, 0.3) is 0 Å². The van der Waals surface area contributed by atoms with Crippen molar-refractivity contribution in [1.82, 2.24) is 39.3 Å². The van der Waals surface area contributed by atoms with Crippen molar-refractivity contribution < 1.29 is 0 Å². The highest BCUT2D eigenvalue weighted by Crippen LogP contribution is 2.24. The summed E-state index contributed by atoms with van der Waals surface area (Å²) in [5.74, 6) is 3.32. The normalized spacial score (nSPS) is 14.8. The Hall–Kier alpha value is -3.56. The van der Waals surface area contributed by atoms with Crippen LogP contribution in [0, 0.1) is 6.92 Å². The molecule has 0 radical (unpaired) electrons. The van der Waals surface area contributed by atoms with Gasteiger partial charge >= 0.3 is 0 Å². The molecular weight excluding hydrogens is 356 g/mol. The van der Waals surface area contributed by atoms with E-state index in [1.54, 1.807) is 23.5 Å². The van der Waals surface area contributed by atoms with E-state index in [4.69, 9.17) is 0 Å². The van der Waals surface area contributed by atoms with Gasteiger partial charge in [0.05, 0.1) is 6.33 Å². The number of piperazine rings is 1. The first kappa shape index (κ1) is 16.6. The Bertz CT molecular complexity index is 1110. The number of hydrogen-bond acceptors (Lipinski definition) is 8. The number of rotatable bonds is 3. The second-order valence-electron chi connectivity index (χ2n) is 6.78. The summed E-state index contributed by atoms with van der Waals surface area (Å²) in [6, 6.07) is 3.87. The van der Waals surface area contributed by atoms with Gasteiger partial charge in [0, 0.05) is 51.7 Å². The van der Waals surface area contributed by atoms with Crippen LogP contribution in [0.1, 0.15) is 5.82 Å². The molecule has 1 saturated heterocycles. The maximum absolute atomic E-state index is 4.63. The van der Waals surface area contributed by atoms with Crippen molar-refractivity contribution in [3.8, 4) is 5.82 Å². The van der Waals surface area contributed by atoms with Crippen LogP contribution >= 0.6 is 0 Å². The summed E-state index contributed by atoms with van der Waals surface area (Å²) in [4.78, 5) is 27.0. The zero-order valence-corrected chi connectivity index (χ0v) is 15.8. The number of aromatic nitrogens is 8. The molecule has 1 aliphatic heterocycles. The standard InChI is InChI=1S/C18H20N10/c1-13-23-14(10-15(24-13)28-5-3-4-22-28)26-6-8-27(9-7-26)18-16-17(19-11-20-18)25(2)12-21-16/h3-5,10-12H,6-9H2,1-2H3. The number of imidazole rings is 1. The average molecular weight is 376 g/mol. The molecule has 142 valence electrons. The average Bonchev–Trinajstić information content (AvgIpc) is 3.38. The quantitative estimate of drug-likeness (QED) is 0.522. The summed E-state index contributed by atoms with van der Waals surface area (Å²) in [5.41, 5.74) is 1.69. The predicted molar refractivity (Wildman–Crippen MR) is 105 cm³/mol. The van der Waals surface area contributed by atoms with Crippen LogP contribution in [-0.2, 0) is 7.05 Å². The number of anilines is 2. The van der Waals surface area contributed by atoms with E-state index < -0.39 is 0 Å². The third-order valence-corrected chi connectivity index (χ3v) is 4.93. The molecule has 0 unspecified atom stereocenters. The van der Waals surface area contributed by atoms with E-state index in [2.05, 4.69) is 39.8 Å². The Morgan fingerprint density at radius 2 is 1.71 bits per heavy atom. The van der Waals surface area contributed by atoms with Crippen LogP contribution in [0.3, 0.4) is 0 Å². The van der Waals surface area contributed by atoms with Crippen LogP contribution in [0.25, 0.3) is 17.0 Å². The van der Waals surface area contributed by atoms with E-state index in [9.17, 15) is 0 Å². The molecule has 0 aromatic carbocycles. The van der Waals surface area contributed by atoms with Gasteiger partial charge in [-0.2, -0.15) is 5.10 Å². The molecule has 0 atom stereocenters. The van der Waals surface area contributed by atoms with E-state index in [1.165, 1.54) is 0 Å². The molecule has 10 nitrogen and oxygen atoms in total. The number of nitrogens with zero attached hydrogens (tertiary/aromatic N) is 10. The maximum Gasteiger partial charge on any atom is 0.165 e. The fraction of sp³-hybridized carbons (Fsp3) is 0.333. The van der Waals surface area contributed by atoms with Gasteiger partial charge in [0.2, 0.25) is 0 Å². The predicted octanol–water partition coefficient (Wildman–Crippen LogP) is 0.974. The lowest BCUT2D eigenvalue weighted by atomic mass is 10.3. The van der Waals surface area contributed by atoms with Gasteiger partial charge in [0.1, 0.15) is 18.0 Å². The van der Waals surface area contributed by atoms with Crippen LogP contribution in [0.15, 0.2) is 37.2 Å². The molecule has 0 spiro atoms. The molecule has 0 saturated carbocycles. The van der Waals surface area contributed by atoms with E-state index in [0.29, 0.717) is 0 Å². The van der Waals surface area contributed by atoms with E-state index >= 15 is 0 Å². The first-order valence-corrected chi connectivity index (χ1v) is 9.17. The Morgan fingerprint density at radius 1 is 0.929 bits per heavy atom. The van der Waals surface area contributed by atoms with Crippen molar-refractivity contribution in [2.75, 3.05) is 36.0 Å². The molecule has 5 rings (SSSR count). The van der Waals surface area contributed by atoms with Crippen LogP contribution in [0.5, 0.6) is 0 Å². The van der Waals surface area contributed by atoms with Gasteiger partial charge in [-0.25, -0.2) is 29.6 Å². The van der Waals surface area contributed by atoms with E-state index in [-0.39, 0.29) is 0 Å². The maximum atomic E-state index is 4.63. The van der Waals surface area contributed by atoms with Gasteiger partial charge in [-0.05, 0) is 13.0 Å². The summed E-state index contributed by atoms with van der Waals surface area (Å²) in [6.45, 7) is 5.26. The third kappa shape index (κ3) is 2.82. The second-order valence-corrected chi connectivity index (χ2v) is 6.78. The highest BCUT2D eigenvalue weighted by molar-refractivity contribution is 5.83. The largest absolute Gasteiger partial charge is 0.353 e. The Kier molecular flexibility index (Phi) is 3.89. The molecule has 4 aromatic heterocycles. The Labute approximate surface area is 161 Å². The molecule has 0 bridgehead atoms. The minimum absolute atomic E-state index is 0.733. The summed E-state index contributed by atoms with van der Waals surface area (Å²) >= 11 is 0. The fourth-order valence-corrected chi connectivity index (χ4v) is 3.53. The number of fused-ring (bicyclic) bond motifs is 1. The van der Waals surface area contributed by atoms with Crippen molar-refractivity contribution in [2.24, 2.45) is 7.05 Å². The molecular formula is C18H20N10. The second kappa shape index (κ2) is 6.55. The lowest BCUT2D eigenvalue weighted by molar-refractivity contribution is 0.640. The zero-order chi connectivity index (χ0) is 19.1. The zero-order valence-electron chi connectivity index (χ0n) is 15.8. The Morgan fingerprint density at radius 3 is 2.50 bits per heavy atom.